The molecule has 0 saturated heterocycles. The van der Waals surface area contributed by atoms with E-state index in [1.165, 1.54) is 0 Å². The van der Waals surface area contributed by atoms with Crippen molar-refractivity contribution in [3.05, 3.63) is 18.2 Å². The maximum Gasteiger partial charge on any atom is 0.117 e. The molecule has 0 bridgehead atoms. The summed E-state index contributed by atoms with van der Waals surface area (Å²) in [6.07, 6.45) is 0. The van der Waals surface area contributed by atoms with Gasteiger partial charge in [-0.25, -0.2) is 0 Å². The molecule has 1 aliphatic rings. The number of likely N-dealkylation sites (N-methyl/N-ethyl adjacent to an activating group) is 1. The molecule has 0 spiro atoms. The molecule has 0 atom stereocenters. The lowest BCUT2D eigenvalue weighted by Gasteiger charge is -2.45. The fourth-order valence-electron chi connectivity index (χ4n) is 2.22. The first-order chi connectivity index (χ1) is 7.04. The van der Waals surface area contributed by atoms with Gasteiger partial charge in [0.1, 0.15) is 5.75 Å². The molecule has 1 aromatic carbocycles. The number of fused-ring (bicyclic) bond motifs is 1. The molecule has 1 aromatic rings. The van der Waals surface area contributed by atoms with Gasteiger partial charge in [0.15, 0.2) is 0 Å². The second-order valence-corrected chi connectivity index (χ2v) is 4.61. The van der Waals surface area contributed by atoms with Gasteiger partial charge in [-0.2, -0.15) is 0 Å². The second-order valence-electron chi connectivity index (χ2n) is 4.61. The minimum absolute atomic E-state index is 0.0928. The Hall–Kier alpha value is -1.38. The molecule has 3 heteroatoms. The van der Waals surface area contributed by atoms with Crippen LogP contribution < -0.4 is 10.2 Å². The van der Waals surface area contributed by atoms with Crippen LogP contribution in [-0.2, 0) is 0 Å². The number of aromatic hydroxyl groups is 1. The largest absolute Gasteiger partial charge is 0.508 e. The van der Waals surface area contributed by atoms with Crippen molar-refractivity contribution in [2.45, 2.75) is 26.3 Å². The highest BCUT2D eigenvalue weighted by molar-refractivity contribution is 5.75. The van der Waals surface area contributed by atoms with E-state index in [9.17, 15) is 5.11 Å². The predicted molar refractivity (Wildman–Crippen MR) is 63.7 cm³/mol. The molecule has 2 N–H and O–H groups in total. The van der Waals surface area contributed by atoms with Gasteiger partial charge >= 0.3 is 0 Å². The Labute approximate surface area is 90.7 Å². The van der Waals surface area contributed by atoms with Crippen LogP contribution in [0, 0.1) is 0 Å². The van der Waals surface area contributed by atoms with Gasteiger partial charge in [0, 0.05) is 19.2 Å². The summed E-state index contributed by atoms with van der Waals surface area (Å²) in [6.45, 7) is 8.43. The first kappa shape index (κ1) is 10.1. The number of hydrogen-bond acceptors (Lipinski definition) is 3. The first-order valence-electron chi connectivity index (χ1n) is 5.39. The maximum absolute atomic E-state index is 9.52. The summed E-state index contributed by atoms with van der Waals surface area (Å²) < 4.78 is 0. The van der Waals surface area contributed by atoms with Crippen LogP contribution in [0.4, 0.5) is 11.4 Å². The summed E-state index contributed by atoms with van der Waals surface area (Å²) >= 11 is 0. The average molecular weight is 206 g/mol. The lowest BCUT2D eigenvalue weighted by atomic mass is 9.97. The Morgan fingerprint density at radius 3 is 2.87 bits per heavy atom. The van der Waals surface area contributed by atoms with E-state index in [0.717, 1.165) is 24.5 Å². The Balaban J connectivity index is 2.49. The Morgan fingerprint density at radius 1 is 1.47 bits per heavy atom. The average Bonchev–Trinajstić information content (AvgIpc) is 2.16. The van der Waals surface area contributed by atoms with Crippen molar-refractivity contribution in [1.82, 2.24) is 0 Å². The molecule has 0 radical (unpaired) electrons. The van der Waals surface area contributed by atoms with Crippen molar-refractivity contribution in [3.8, 4) is 5.75 Å². The zero-order valence-electron chi connectivity index (χ0n) is 9.54. The number of phenolic OH excluding ortho intramolecular Hbond substituents is 1. The molecule has 0 saturated carbocycles. The molecule has 2 rings (SSSR count). The Morgan fingerprint density at radius 2 is 2.20 bits per heavy atom. The van der Waals surface area contributed by atoms with Crippen LogP contribution in [0.25, 0.3) is 0 Å². The van der Waals surface area contributed by atoms with Crippen LogP contribution in [0.1, 0.15) is 20.8 Å². The smallest absolute Gasteiger partial charge is 0.117 e. The number of rotatable bonds is 1. The van der Waals surface area contributed by atoms with Crippen molar-refractivity contribution >= 4 is 11.4 Å². The van der Waals surface area contributed by atoms with Crippen molar-refractivity contribution in [2.75, 3.05) is 23.3 Å². The Bertz CT molecular complexity index is 374. The summed E-state index contributed by atoms with van der Waals surface area (Å²) in [5, 5.41) is 12.9. The summed E-state index contributed by atoms with van der Waals surface area (Å²) in [4.78, 5) is 2.32. The van der Waals surface area contributed by atoms with Gasteiger partial charge in [-0.05, 0) is 32.9 Å². The lowest BCUT2D eigenvalue weighted by molar-refractivity contribution is 0.465. The highest BCUT2D eigenvalue weighted by Crippen LogP contribution is 2.37. The number of phenols is 1. The van der Waals surface area contributed by atoms with Crippen LogP contribution in [-0.4, -0.2) is 23.7 Å². The molecular formula is C12H18N2O. The number of anilines is 2. The predicted octanol–water partition coefficient (Wildman–Crippen LogP) is 2.42. The molecule has 1 heterocycles. The second kappa shape index (κ2) is 3.33. The maximum atomic E-state index is 9.52. The molecule has 0 amide bonds. The summed E-state index contributed by atoms with van der Waals surface area (Å²) in [6, 6.07) is 5.48. The summed E-state index contributed by atoms with van der Waals surface area (Å²) in [7, 11) is 0. The molecule has 15 heavy (non-hydrogen) atoms. The molecule has 0 aliphatic carbocycles. The van der Waals surface area contributed by atoms with Gasteiger partial charge in [-0.15, -0.1) is 0 Å². The minimum Gasteiger partial charge on any atom is -0.508 e. The highest BCUT2D eigenvalue weighted by Gasteiger charge is 2.31. The van der Waals surface area contributed by atoms with Gasteiger partial charge in [-0.1, -0.05) is 0 Å². The SMILES string of the molecule is CCN1c2cc(O)ccc2NCC1(C)C. The summed E-state index contributed by atoms with van der Waals surface area (Å²) in [5.41, 5.74) is 2.29. The van der Waals surface area contributed by atoms with Crippen LogP contribution in [0.3, 0.4) is 0 Å². The van der Waals surface area contributed by atoms with Gasteiger partial charge in [0.25, 0.3) is 0 Å². The van der Waals surface area contributed by atoms with Crippen LogP contribution >= 0.6 is 0 Å². The highest BCUT2D eigenvalue weighted by atomic mass is 16.3. The minimum atomic E-state index is 0.0928. The quantitative estimate of drug-likeness (QED) is 0.693. The van der Waals surface area contributed by atoms with Gasteiger partial charge in [0.2, 0.25) is 0 Å². The molecule has 0 aromatic heterocycles. The third kappa shape index (κ3) is 1.62. The number of nitrogens with zero attached hydrogens (tertiary/aromatic N) is 1. The van der Waals surface area contributed by atoms with E-state index in [1.807, 2.05) is 12.1 Å². The van der Waals surface area contributed by atoms with E-state index in [1.54, 1.807) is 6.07 Å². The monoisotopic (exact) mass is 206 g/mol. The van der Waals surface area contributed by atoms with Gasteiger partial charge in [-0.3, -0.25) is 0 Å². The lowest BCUT2D eigenvalue weighted by Crippen LogP contribution is -2.52. The molecule has 0 fully saturated rings. The number of hydrogen-bond donors (Lipinski definition) is 2. The van der Waals surface area contributed by atoms with E-state index >= 15 is 0 Å². The van der Waals surface area contributed by atoms with Crippen LogP contribution in [0.5, 0.6) is 5.75 Å². The molecule has 0 unspecified atom stereocenters. The van der Waals surface area contributed by atoms with E-state index in [4.69, 9.17) is 0 Å². The molecular weight excluding hydrogens is 188 g/mol. The van der Waals surface area contributed by atoms with Crippen molar-refractivity contribution < 1.29 is 5.11 Å². The molecule has 1 aliphatic heterocycles. The standard InChI is InChI=1S/C12H18N2O/c1-4-14-11-7-9(15)5-6-10(11)13-8-12(14,2)3/h5-7,13,15H,4,8H2,1-3H3. The van der Waals surface area contributed by atoms with Gasteiger partial charge in [0.05, 0.1) is 16.9 Å². The van der Waals surface area contributed by atoms with Crippen molar-refractivity contribution in [1.29, 1.82) is 0 Å². The van der Waals surface area contributed by atoms with Crippen LogP contribution in [0.15, 0.2) is 18.2 Å². The van der Waals surface area contributed by atoms with Crippen molar-refractivity contribution in [3.63, 3.8) is 0 Å². The third-order valence-electron chi connectivity index (χ3n) is 3.03. The number of benzene rings is 1. The molecule has 3 nitrogen and oxygen atoms in total. The number of nitrogens with one attached hydrogen (secondary N) is 1. The topological polar surface area (TPSA) is 35.5 Å². The van der Waals surface area contributed by atoms with Crippen LogP contribution in [0.2, 0.25) is 0 Å². The first-order valence-corrected chi connectivity index (χ1v) is 5.39. The summed E-state index contributed by atoms with van der Waals surface area (Å²) in [5.74, 6) is 0.326. The van der Waals surface area contributed by atoms with E-state index in [0.29, 0.717) is 5.75 Å². The normalized spacial score (nSPS) is 18.2. The van der Waals surface area contributed by atoms with E-state index in [2.05, 4.69) is 31.0 Å². The molecule has 82 valence electrons. The fourth-order valence-corrected chi connectivity index (χ4v) is 2.22. The zero-order valence-corrected chi connectivity index (χ0v) is 9.54. The van der Waals surface area contributed by atoms with Crippen molar-refractivity contribution in [2.24, 2.45) is 0 Å². The van der Waals surface area contributed by atoms with Gasteiger partial charge < -0.3 is 15.3 Å². The zero-order chi connectivity index (χ0) is 11.1. The third-order valence-corrected chi connectivity index (χ3v) is 3.03. The van der Waals surface area contributed by atoms with E-state index < -0.39 is 0 Å². The fraction of sp³-hybridized carbons (Fsp3) is 0.500. The van der Waals surface area contributed by atoms with E-state index in [-0.39, 0.29) is 5.54 Å². The Kier molecular flexibility index (Phi) is 2.25.